The van der Waals surface area contributed by atoms with Gasteiger partial charge in [0, 0.05) is 86.4 Å². The van der Waals surface area contributed by atoms with Crippen molar-refractivity contribution in [2.75, 3.05) is 37.5 Å². The van der Waals surface area contributed by atoms with Crippen LogP contribution in [0.5, 0.6) is 23.5 Å². The van der Waals surface area contributed by atoms with E-state index in [4.69, 9.17) is 50.0 Å². The zero-order chi connectivity index (χ0) is 90.5. The van der Waals surface area contributed by atoms with Gasteiger partial charge in [-0.1, -0.05) is 121 Å². The van der Waals surface area contributed by atoms with Crippen LogP contribution in [-0.2, 0) is 59.7 Å². The number of carboxylic acids is 1. The van der Waals surface area contributed by atoms with Gasteiger partial charge >= 0.3 is 59.5 Å². The Morgan fingerprint density at radius 3 is 1.25 bits per heavy atom. The summed E-state index contributed by atoms with van der Waals surface area (Å²) in [6.45, 7) is 10.2. The number of carbonyl (C=O) groups is 6. The fourth-order valence-electron chi connectivity index (χ4n) is 9.69. The fraction of sp³-hybridized carbons (Fsp3) is 0.155. The second-order valence-electron chi connectivity index (χ2n) is 24.7. The molecule has 660 valence electrons. The minimum Gasteiger partial charge on any atom is -0.858 e. The number of anilines is 2. The first-order chi connectivity index (χ1) is 61.7. The molecule has 15 rings (SSSR count). The van der Waals surface area contributed by atoms with Gasteiger partial charge in [0.2, 0.25) is 35.5 Å². The van der Waals surface area contributed by atoms with Gasteiger partial charge < -0.3 is 59.6 Å². The number of aromatic nitrogens is 22. The number of halogens is 1. The second kappa shape index (κ2) is 53.5. The van der Waals surface area contributed by atoms with Gasteiger partial charge in [-0.05, 0) is 93.3 Å². The number of nitrogens with two attached hydrogens (primary N) is 2. The molecule has 0 saturated heterocycles. The number of amides is 1. The SMILES string of the molecule is CCO/C=C(/C(C)=O)C(=O)OCC.CCOC(=O)c1cnc(-n2cccn2)nc1OCc1ccccc1.CCOC(=O)c1cnc(-n2cccn2)nc1[O-].Cl.N=C(N)n1cccn1.Nc1cnc(-n2cccn2)[nH]c1=O.O=C(Nc1cnc(-n2cccn2)nc1OCc1ccccc1)OCc1ccccc1.O=C(O)c1cnc(-n2cccn2)nc1OCc1ccccc1.[Na+]. The fourth-order valence-corrected chi connectivity index (χ4v) is 9.69. The molecule has 0 spiro atoms. The van der Waals surface area contributed by atoms with Crippen LogP contribution in [0.25, 0.3) is 29.7 Å². The van der Waals surface area contributed by atoms with Gasteiger partial charge in [0.25, 0.3) is 23.4 Å². The van der Waals surface area contributed by atoms with Crippen LogP contribution in [0.2, 0.25) is 0 Å². The van der Waals surface area contributed by atoms with Crippen molar-refractivity contribution in [1.82, 2.24) is 109 Å². The monoisotopic (exact) mass is 1790 g/mol. The largest absolute Gasteiger partial charge is 1.00 e. The number of carbonyl (C=O) groups excluding carboxylic acids is 5. The summed E-state index contributed by atoms with van der Waals surface area (Å²) in [5, 5.41) is 53.9. The normalized spacial score (nSPS) is 10.1. The van der Waals surface area contributed by atoms with Crippen LogP contribution in [0.15, 0.2) is 280 Å². The first-order valence-electron chi connectivity index (χ1n) is 38.1. The van der Waals surface area contributed by atoms with Crippen molar-refractivity contribution in [1.29, 1.82) is 5.41 Å². The van der Waals surface area contributed by atoms with Crippen molar-refractivity contribution < 1.29 is 106 Å². The molecule has 0 aliphatic heterocycles. The molecule has 0 aliphatic rings. The maximum Gasteiger partial charge on any atom is 1.00 e. The average molecular weight is 1790 g/mol. The Morgan fingerprint density at radius 1 is 0.473 bits per heavy atom. The van der Waals surface area contributed by atoms with E-state index in [1.165, 1.54) is 66.0 Å². The second-order valence-corrected chi connectivity index (χ2v) is 24.7. The van der Waals surface area contributed by atoms with Gasteiger partial charge in [-0.25, -0.2) is 82.0 Å². The van der Waals surface area contributed by atoms with Gasteiger partial charge in [-0.15, -0.1) is 12.4 Å². The molecule has 11 aromatic heterocycles. The Balaban J connectivity index is 0.000000212. The van der Waals surface area contributed by atoms with Crippen LogP contribution in [0.3, 0.4) is 0 Å². The van der Waals surface area contributed by atoms with Crippen LogP contribution in [-0.4, -0.2) is 182 Å². The molecule has 0 aliphatic carbocycles. The van der Waals surface area contributed by atoms with E-state index in [0.717, 1.165) is 34.7 Å². The molecule has 8 N–H and O–H groups in total. The van der Waals surface area contributed by atoms with Gasteiger partial charge in [0.1, 0.15) is 60.8 Å². The molecule has 0 unspecified atom stereocenters. The van der Waals surface area contributed by atoms with E-state index in [1.807, 2.05) is 121 Å². The summed E-state index contributed by atoms with van der Waals surface area (Å²) in [4.78, 5) is 119. The molecule has 0 fully saturated rings. The topological polar surface area (TPSA) is 563 Å². The van der Waals surface area contributed by atoms with Crippen molar-refractivity contribution in [3.63, 3.8) is 0 Å². The number of ketones is 1. The van der Waals surface area contributed by atoms with Gasteiger partial charge in [0.15, 0.2) is 5.78 Å². The minimum absolute atomic E-state index is 0. The number of H-pyrrole nitrogens is 1. The summed E-state index contributed by atoms with van der Waals surface area (Å²) in [6, 6.07) is 48.5. The number of esters is 3. The number of hydrogen-bond donors (Lipinski definition) is 6. The Labute approximate surface area is 763 Å². The summed E-state index contributed by atoms with van der Waals surface area (Å²) >= 11 is 0. The molecule has 11 heterocycles. The molecule has 0 saturated carbocycles. The third kappa shape index (κ3) is 32.3. The average Bonchev–Trinajstić information content (AvgIpc) is 1.61. The predicted octanol–water partition coefficient (Wildman–Crippen LogP) is 5.91. The van der Waals surface area contributed by atoms with Crippen molar-refractivity contribution in [3.8, 4) is 53.3 Å². The van der Waals surface area contributed by atoms with Crippen molar-refractivity contribution in [3.05, 3.63) is 324 Å². The predicted molar refractivity (Wildman–Crippen MR) is 458 cm³/mol. The Kier molecular flexibility index (Phi) is 41.3. The molecule has 45 heteroatoms. The summed E-state index contributed by atoms with van der Waals surface area (Å²) in [5.41, 5.74) is 14.0. The van der Waals surface area contributed by atoms with Gasteiger partial charge in [-0.3, -0.25) is 25.3 Å². The maximum absolute atomic E-state index is 12.3. The third-order valence-corrected chi connectivity index (χ3v) is 15.7. The maximum atomic E-state index is 12.3. The molecule has 1 amide bonds. The van der Waals surface area contributed by atoms with E-state index in [1.54, 1.807) is 132 Å². The van der Waals surface area contributed by atoms with Crippen LogP contribution < -0.4 is 71.2 Å². The first kappa shape index (κ1) is 99.6. The van der Waals surface area contributed by atoms with E-state index >= 15 is 0 Å². The van der Waals surface area contributed by atoms with E-state index in [0.29, 0.717) is 30.1 Å². The molecule has 0 atom stereocenters. The summed E-state index contributed by atoms with van der Waals surface area (Å²) in [6.07, 6.45) is 26.5. The van der Waals surface area contributed by atoms with Gasteiger partial charge in [-0.2, -0.15) is 45.5 Å². The smallest absolute Gasteiger partial charge is 0.858 e. The number of nitrogens with zero attached hydrogens (tertiary/aromatic N) is 21. The van der Waals surface area contributed by atoms with E-state index in [-0.39, 0.29) is 163 Å². The molecule has 15 aromatic rings. The number of nitrogens with one attached hydrogen (secondary N) is 3. The molecular weight excluding hydrogens is 1700 g/mol. The van der Waals surface area contributed by atoms with Crippen molar-refractivity contribution >= 4 is 65.5 Å². The Morgan fingerprint density at radius 2 is 0.860 bits per heavy atom. The number of benzene rings is 4. The van der Waals surface area contributed by atoms with Crippen LogP contribution in [0.1, 0.15) is 87.9 Å². The molecule has 0 bridgehead atoms. The van der Waals surface area contributed by atoms with E-state index in [2.05, 4.69) is 90.5 Å². The minimum atomic E-state index is -1.14. The van der Waals surface area contributed by atoms with Gasteiger partial charge in [0.05, 0.1) is 56.8 Å². The number of hydrogen-bond acceptors (Lipinski definition) is 33. The number of ether oxygens (including phenoxy) is 8. The van der Waals surface area contributed by atoms with E-state index in [9.17, 15) is 43.8 Å². The van der Waals surface area contributed by atoms with Crippen molar-refractivity contribution in [2.45, 2.75) is 61.0 Å². The summed E-state index contributed by atoms with van der Waals surface area (Å²) < 4.78 is 50.1. The molecular formula is C84H84ClN26NaO17. The Hall–Kier alpha value is -16.5. The Bertz CT molecular complexity index is 6020. The van der Waals surface area contributed by atoms with Crippen molar-refractivity contribution in [2.24, 2.45) is 5.73 Å². The zero-order valence-corrected chi connectivity index (χ0v) is 72.8. The molecule has 0 radical (unpaired) electrons. The molecule has 43 nitrogen and oxygen atoms in total. The first-order valence-corrected chi connectivity index (χ1v) is 38.1. The number of rotatable bonds is 27. The number of carboxylic acid groups (broad SMARTS) is 1. The van der Waals surface area contributed by atoms with E-state index < -0.39 is 35.9 Å². The summed E-state index contributed by atoms with van der Waals surface area (Å²) in [7, 11) is 0. The molecule has 129 heavy (non-hydrogen) atoms. The molecule has 4 aromatic carbocycles. The standard InChI is InChI=1S/C22H19N5O3.C17H16N4O3.C15H12N4O3.C10H10N4O3.C9H14O4.C7H7N5O.C4H6N4.ClH.Na/c28-22(30-16-18-10-5-2-6-11-18)25-19-14-23-21(27-13-7-12-24-27)26-20(19)29-15-17-8-3-1-4-9-17;1-2-23-16(22)14-11-18-17(21-10-6-9-19-21)20-15(14)24-12-13-7-4-3-5-8-13;20-14(21)12-9-16-15(19-8-4-7-17-19)18-13(12)22-10-11-5-2-1-3-6-11;1-2-17-9(16)7-6-11-10(13-8(7)15)14-5-3-4-12-14;1-4-12-6-8(7(3)10)9(11)13-5-2;8-5-4-9-7(11-6(5)13)12-3-1-2-10-12;5-4(6)8-3-1-2-7-8;;/h1-14H,15-16H2,(H,25,28);3-11H,2,12H2,1H3;1-9H,10H2,(H,20,21);3-6H,2H2,1H3,(H,11,13,15);6H,4-5H2,1-3H3;1-4H,8H2,(H,9,11,13);1-3H,(H3,5,6);1H;/q;;;;;;;;+1/p-1/b;;;;8-6-;;;;. The third-order valence-electron chi connectivity index (χ3n) is 15.7. The summed E-state index contributed by atoms with van der Waals surface area (Å²) in [5.74, 6) is -2.36. The van der Waals surface area contributed by atoms with Crippen LogP contribution in [0, 0.1) is 5.41 Å². The van der Waals surface area contributed by atoms with Crippen LogP contribution in [0.4, 0.5) is 16.2 Å². The number of Topliss-reactive ketones (excluding diaryl/α,β-unsaturated/α-hetero) is 1. The number of aromatic carboxylic acids is 1. The quantitative estimate of drug-likeness (QED) is 0.00401. The zero-order valence-electron chi connectivity index (χ0n) is 70.0. The number of aromatic amines is 1. The number of nitrogen functional groups attached to an aromatic ring is 2. The van der Waals surface area contributed by atoms with Crippen LogP contribution >= 0.6 is 12.4 Å².